The molecule has 0 aromatic heterocycles. The minimum absolute atomic E-state index is 0.0912. The molecule has 0 aliphatic carbocycles. The first kappa shape index (κ1) is 28.3. The zero-order chi connectivity index (χ0) is 20.7. The Balaban J connectivity index is 3.43. The number of hydrogen-bond donors (Lipinski definition) is 2. The molecular formula is C25H52O2S. The topological polar surface area (TPSA) is 29.5 Å². The van der Waals surface area contributed by atoms with Gasteiger partial charge in [-0.2, -0.15) is 0 Å². The van der Waals surface area contributed by atoms with E-state index in [1.54, 1.807) is 0 Å². The Morgan fingerprint density at radius 2 is 0.929 bits per heavy atom. The van der Waals surface area contributed by atoms with Gasteiger partial charge in [-0.15, -0.1) is 12.6 Å². The van der Waals surface area contributed by atoms with Crippen LogP contribution in [-0.2, 0) is 4.74 Å². The van der Waals surface area contributed by atoms with Gasteiger partial charge in [0.1, 0.15) is 5.44 Å². The molecule has 0 spiro atoms. The minimum atomic E-state index is -0.642. The van der Waals surface area contributed by atoms with Gasteiger partial charge in [0.05, 0.1) is 6.10 Å². The van der Waals surface area contributed by atoms with Crippen LogP contribution in [0.1, 0.15) is 142 Å². The molecule has 28 heavy (non-hydrogen) atoms. The smallest absolute Gasteiger partial charge is 0.123 e. The van der Waals surface area contributed by atoms with Gasteiger partial charge in [0.2, 0.25) is 0 Å². The van der Waals surface area contributed by atoms with Crippen LogP contribution in [0.4, 0.5) is 0 Å². The highest BCUT2D eigenvalue weighted by Crippen LogP contribution is 2.17. The largest absolute Gasteiger partial charge is 0.380 e. The Kier molecular flexibility index (Phi) is 23.8. The average Bonchev–Trinajstić information content (AvgIpc) is 2.68. The summed E-state index contributed by atoms with van der Waals surface area (Å²) in [6.07, 6.45) is 26.2. The van der Waals surface area contributed by atoms with E-state index in [0.29, 0.717) is 0 Å². The van der Waals surface area contributed by atoms with Crippen molar-refractivity contribution in [2.75, 3.05) is 6.61 Å². The first-order valence-corrected chi connectivity index (χ1v) is 13.2. The van der Waals surface area contributed by atoms with Crippen LogP contribution in [0.3, 0.4) is 0 Å². The molecule has 0 aliphatic heterocycles. The molecule has 3 heteroatoms. The third-order valence-corrected chi connectivity index (χ3v) is 6.09. The third-order valence-electron chi connectivity index (χ3n) is 5.75. The van der Waals surface area contributed by atoms with Gasteiger partial charge in [-0.05, 0) is 12.8 Å². The summed E-state index contributed by atoms with van der Waals surface area (Å²) >= 11 is 4.22. The van der Waals surface area contributed by atoms with Crippen molar-refractivity contribution in [2.45, 2.75) is 154 Å². The van der Waals surface area contributed by atoms with Crippen LogP contribution in [0, 0.1) is 0 Å². The zero-order valence-electron chi connectivity index (χ0n) is 19.3. The Labute approximate surface area is 183 Å². The van der Waals surface area contributed by atoms with Crippen molar-refractivity contribution >= 4 is 12.6 Å². The van der Waals surface area contributed by atoms with E-state index in [1.807, 2.05) is 0 Å². The normalized spacial score (nSPS) is 13.7. The van der Waals surface area contributed by atoms with Gasteiger partial charge in [-0.1, -0.05) is 129 Å². The molecule has 1 N–H and O–H groups in total. The second-order valence-corrected chi connectivity index (χ2v) is 9.15. The van der Waals surface area contributed by atoms with Crippen LogP contribution in [0.15, 0.2) is 0 Å². The van der Waals surface area contributed by atoms with Gasteiger partial charge in [0.15, 0.2) is 0 Å². The summed E-state index contributed by atoms with van der Waals surface area (Å²) < 4.78 is 5.91. The molecule has 1 unspecified atom stereocenters. The maximum absolute atomic E-state index is 9.84. The molecule has 0 rings (SSSR count). The lowest BCUT2D eigenvalue weighted by Gasteiger charge is -2.20. The van der Waals surface area contributed by atoms with E-state index in [-0.39, 0.29) is 6.10 Å². The monoisotopic (exact) mass is 416 g/mol. The van der Waals surface area contributed by atoms with Gasteiger partial charge in [-0.25, -0.2) is 0 Å². The molecule has 0 aromatic rings. The highest BCUT2D eigenvalue weighted by atomic mass is 32.1. The van der Waals surface area contributed by atoms with Crippen LogP contribution in [-0.4, -0.2) is 23.3 Å². The number of hydrogen-bond acceptors (Lipinski definition) is 3. The molecule has 0 saturated heterocycles. The lowest BCUT2D eigenvalue weighted by Crippen LogP contribution is -2.25. The van der Waals surface area contributed by atoms with Crippen molar-refractivity contribution < 1.29 is 9.84 Å². The standard InChI is InChI=1S/C25H52O2S/c1-3-5-7-9-11-13-14-15-16-18-20-22-24(25(26)28)27-23-21-19-17-12-10-8-6-4-2/h24-26,28H,3-23H2,1-2H3/t24?,25-/m1/s1. The molecule has 0 aliphatic rings. The summed E-state index contributed by atoms with van der Waals surface area (Å²) in [5, 5.41) is 9.84. The number of rotatable bonds is 23. The van der Waals surface area contributed by atoms with E-state index in [9.17, 15) is 5.11 Å². The Hall–Kier alpha value is 0.270. The van der Waals surface area contributed by atoms with Gasteiger partial charge in [-0.3, -0.25) is 0 Å². The second-order valence-electron chi connectivity index (χ2n) is 8.62. The molecule has 0 aromatic carbocycles. The first-order valence-electron chi connectivity index (χ1n) is 12.7. The molecular weight excluding hydrogens is 364 g/mol. The maximum atomic E-state index is 9.84. The molecule has 0 amide bonds. The number of aliphatic hydroxyl groups is 1. The second kappa shape index (κ2) is 23.5. The van der Waals surface area contributed by atoms with E-state index in [0.717, 1.165) is 25.9 Å². The van der Waals surface area contributed by atoms with Crippen LogP contribution >= 0.6 is 12.6 Å². The Bertz CT molecular complexity index is 284. The van der Waals surface area contributed by atoms with Crippen LogP contribution in [0.25, 0.3) is 0 Å². The van der Waals surface area contributed by atoms with Crippen molar-refractivity contribution in [3.63, 3.8) is 0 Å². The summed E-state index contributed by atoms with van der Waals surface area (Å²) in [7, 11) is 0. The fourth-order valence-corrected chi connectivity index (χ4v) is 4.03. The van der Waals surface area contributed by atoms with Crippen LogP contribution < -0.4 is 0 Å². The minimum Gasteiger partial charge on any atom is -0.380 e. The van der Waals surface area contributed by atoms with Crippen molar-refractivity contribution in [3.05, 3.63) is 0 Å². The lowest BCUT2D eigenvalue weighted by molar-refractivity contribution is -0.00796. The first-order chi connectivity index (χ1) is 13.7. The van der Waals surface area contributed by atoms with E-state index in [2.05, 4.69) is 26.5 Å². The zero-order valence-corrected chi connectivity index (χ0v) is 20.2. The van der Waals surface area contributed by atoms with Gasteiger partial charge in [0.25, 0.3) is 0 Å². The highest BCUT2D eigenvalue weighted by Gasteiger charge is 2.15. The molecule has 0 radical (unpaired) electrons. The quantitative estimate of drug-likeness (QED) is 0.0993. The highest BCUT2D eigenvalue weighted by molar-refractivity contribution is 7.80. The number of aliphatic hydroxyl groups excluding tert-OH is 1. The van der Waals surface area contributed by atoms with Crippen molar-refractivity contribution in [3.8, 4) is 0 Å². The third kappa shape index (κ3) is 21.0. The van der Waals surface area contributed by atoms with E-state index in [1.165, 1.54) is 109 Å². The van der Waals surface area contributed by atoms with E-state index >= 15 is 0 Å². The fraction of sp³-hybridized carbons (Fsp3) is 1.00. The lowest BCUT2D eigenvalue weighted by atomic mass is 10.0. The summed E-state index contributed by atoms with van der Waals surface area (Å²) in [4.78, 5) is 0. The maximum Gasteiger partial charge on any atom is 0.123 e. The van der Waals surface area contributed by atoms with Gasteiger partial charge in [0, 0.05) is 6.61 Å². The number of ether oxygens (including phenoxy) is 1. The fourth-order valence-electron chi connectivity index (χ4n) is 3.80. The summed E-state index contributed by atoms with van der Waals surface area (Å²) in [5.41, 5.74) is -0.642. The molecule has 0 bridgehead atoms. The van der Waals surface area contributed by atoms with Gasteiger partial charge < -0.3 is 9.84 Å². The molecule has 0 heterocycles. The number of thiol groups is 1. The molecule has 170 valence electrons. The van der Waals surface area contributed by atoms with Crippen LogP contribution in [0.2, 0.25) is 0 Å². The predicted molar refractivity (Wildman–Crippen MR) is 128 cm³/mol. The van der Waals surface area contributed by atoms with Crippen LogP contribution in [0.5, 0.6) is 0 Å². The Morgan fingerprint density at radius 3 is 1.32 bits per heavy atom. The molecule has 0 saturated carbocycles. The molecule has 2 nitrogen and oxygen atoms in total. The van der Waals surface area contributed by atoms with Gasteiger partial charge >= 0.3 is 0 Å². The molecule has 0 fully saturated rings. The average molecular weight is 417 g/mol. The summed E-state index contributed by atoms with van der Waals surface area (Å²) in [5.74, 6) is 0. The summed E-state index contributed by atoms with van der Waals surface area (Å²) in [6.45, 7) is 5.31. The summed E-state index contributed by atoms with van der Waals surface area (Å²) in [6, 6.07) is 0. The Morgan fingerprint density at radius 1 is 0.571 bits per heavy atom. The van der Waals surface area contributed by atoms with E-state index in [4.69, 9.17) is 4.74 Å². The molecule has 2 atom stereocenters. The van der Waals surface area contributed by atoms with Crippen molar-refractivity contribution in [2.24, 2.45) is 0 Å². The SMILES string of the molecule is CCCCCCCCCCCCCC(OCCCCCCCCCC)[C@H](O)S. The van der Waals surface area contributed by atoms with Crippen molar-refractivity contribution in [1.29, 1.82) is 0 Å². The van der Waals surface area contributed by atoms with Crippen molar-refractivity contribution in [1.82, 2.24) is 0 Å². The predicted octanol–water partition coefficient (Wildman–Crippen LogP) is 8.46. The number of unbranched alkanes of at least 4 members (excludes halogenated alkanes) is 17. The van der Waals surface area contributed by atoms with E-state index < -0.39 is 5.44 Å².